The second-order valence-corrected chi connectivity index (χ2v) is 5.97. The molecule has 0 spiro atoms. The van der Waals surface area contributed by atoms with E-state index in [9.17, 15) is 4.79 Å². The Hall–Kier alpha value is -2.18. The molecule has 4 rings (SSSR count). The Labute approximate surface area is 128 Å². The van der Waals surface area contributed by atoms with Gasteiger partial charge < -0.3 is 14.2 Å². The van der Waals surface area contributed by atoms with Crippen molar-refractivity contribution >= 4 is 17.1 Å². The van der Waals surface area contributed by atoms with Gasteiger partial charge in [-0.3, -0.25) is 4.79 Å². The number of ether oxygens (including phenoxy) is 1. The van der Waals surface area contributed by atoms with Crippen molar-refractivity contribution in [1.82, 2.24) is 24.4 Å². The van der Waals surface area contributed by atoms with Crippen molar-refractivity contribution in [3.8, 4) is 5.88 Å². The lowest BCUT2D eigenvalue weighted by molar-refractivity contribution is -0.131. The van der Waals surface area contributed by atoms with Gasteiger partial charge in [-0.2, -0.15) is 4.98 Å². The van der Waals surface area contributed by atoms with Gasteiger partial charge in [-0.15, -0.1) is 0 Å². The highest BCUT2D eigenvalue weighted by Crippen LogP contribution is 2.32. The normalized spacial score (nSPS) is 21.5. The Morgan fingerprint density at radius 3 is 2.95 bits per heavy atom. The molecule has 0 N–H and O–H groups in total. The Morgan fingerprint density at radius 1 is 1.32 bits per heavy atom. The zero-order chi connectivity index (χ0) is 15.1. The van der Waals surface area contributed by atoms with E-state index < -0.39 is 0 Å². The van der Waals surface area contributed by atoms with Gasteiger partial charge in [0.1, 0.15) is 12.4 Å². The monoisotopic (exact) mass is 301 g/mol. The van der Waals surface area contributed by atoms with Crippen molar-refractivity contribution in [2.24, 2.45) is 5.92 Å². The van der Waals surface area contributed by atoms with Crippen molar-refractivity contribution in [1.29, 1.82) is 0 Å². The maximum Gasteiger partial charge on any atom is 0.245 e. The Bertz CT molecular complexity index is 709. The second kappa shape index (κ2) is 5.23. The molecule has 2 aliphatic rings. The maximum atomic E-state index is 12.1. The van der Waals surface area contributed by atoms with E-state index in [0.717, 1.165) is 38.0 Å². The molecule has 1 saturated heterocycles. The Morgan fingerprint density at radius 2 is 2.18 bits per heavy atom. The zero-order valence-electron chi connectivity index (χ0n) is 12.6. The molecule has 0 radical (unpaired) electrons. The van der Waals surface area contributed by atoms with Gasteiger partial charge in [-0.1, -0.05) is 0 Å². The van der Waals surface area contributed by atoms with Gasteiger partial charge in [0.05, 0.1) is 12.9 Å². The smallest absolute Gasteiger partial charge is 0.245 e. The van der Waals surface area contributed by atoms with Gasteiger partial charge in [0.2, 0.25) is 11.8 Å². The summed E-state index contributed by atoms with van der Waals surface area (Å²) in [4.78, 5) is 26.9. The summed E-state index contributed by atoms with van der Waals surface area (Å²) in [7, 11) is 0. The topological polar surface area (TPSA) is 73.1 Å². The number of aryl methyl sites for hydroxylation is 1. The number of aromatic nitrogens is 4. The largest absolute Gasteiger partial charge is 0.471 e. The van der Waals surface area contributed by atoms with Crippen LogP contribution < -0.4 is 4.74 Å². The molecule has 1 aliphatic heterocycles. The molecule has 2 fully saturated rings. The molecule has 0 aromatic carbocycles. The summed E-state index contributed by atoms with van der Waals surface area (Å²) < 4.78 is 7.97. The fraction of sp³-hybridized carbons (Fsp3) is 0.600. The van der Waals surface area contributed by atoms with Crippen LogP contribution in [0.4, 0.5) is 0 Å². The van der Waals surface area contributed by atoms with E-state index in [4.69, 9.17) is 4.74 Å². The molecular weight excluding hydrogens is 282 g/mol. The molecule has 2 aromatic rings. The van der Waals surface area contributed by atoms with Gasteiger partial charge in [-0.05, 0) is 19.8 Å². The summed E-state index contributed by atoms with van der Waals surface area (Å²) in [6.45, 7) is 4.27. The number of amides is 1. The number of carbonyl (C=O) groups excluding carboxylic acids is 1. The fourth-order valence-corrected chi connectivity index (χ4v) is 2.95. The van der Waals surface area contributed by atoms with Gasteiger partial charge >= 0.3 is 0 Å². The summed E-state index contributed by atoms with van der Waals surface area (Å²) in [5, 5.41) is 0. The lowest BCUT2D eigenvalue weighted by Crippen LogP contribution is -2.32. The predicted octanol–water partition coefficient (Wildman–Crippen LogP) is 1.24. The van der Waals surface area contributed by atoms with Crippen molar-refractivity contribution < 1.29 is 9.53 Å². The predicted molar refractivity (Wildman–Crippen MR) is 79.3 cm³/mol. The molecule has 0 bridgehead atoms. The number of hydrogen-bond donors (Lipinski definition) is 0. The molecule has 7 heteroatoms. The van der Waals surface area contributed by atoms with Crippen molar-refractivity contribution in [2.45, 2.75) is 38.8 Å². The molecule has 1 atom stereocenters. The minimum atomic E-state index is -0.00687. The first-order chi connectivity index (χ1) is 10.8. The molecule has 22 heavy (non-hydrogen) atoms. The fourth-order valence-electron chi connectivity index (χ4n) is 2.95. The van der Waals surface area contributed by atoms with Crippen LogP contribution in [0.3, 0.4) is 0 Å². The highest BCUT2D eigenvalue weighted by atomic mass is 16.5. The lowest BCUT2D eigenvalue weighted by Gasteiger charge is -2.16. The molecule has 116 valence electrons. The average Bonchev–Trinajstić information content (AvgIpc) is 3.13. The van der Waals surface area contributed by atoms with Crippen LogP contribution in [-0.2, 0) is 11.3 Å². The third kappa shape index (κ3) is 2.30. The highest BCUT2D eigenvalue weighted by molar-refractivity contribution is 5.81. The summed E-state index contributed by atoms with van der Waals surface area (Å²) in [5.41, 5.74) is 1.48. The van der Waals surface area contributed by atoms with Crippen molar-refractivity contribution in [3.05, 3.63) is 12.7 Å². The number of fused-ring (bicyclic) bond motifs is 1. The number of likely N-dealkylation sites (tertiary alicyclic amines) is 1. The minimum absolute atomic E-state index is 0.00687. The first-order valence-corrected chi connectivity index (χ1v) is 7.87. The van der Waals surface area contributed by atoms with Gasteiger partial charge in [0.15, 0.2) is 11.2 Å². The second-order valence-electron chi connectivity index (χ2n) is 5.97. The number of rotatable bonds is 4. The average molecular weight is 301 g/mol. The zero-order valence-corrected chi connectivity index (χ0v) is 12.6. The van der Waals surface area contributed by atoms with E-state index in [1.165, 1.54) is 6.33 Å². The van der Waals surface area contributed by atoms with Crippen LogP contribution in [-0.4, -0.2) is 49.5 Å². The van der Waals surface area contributed by atoms with Gasteiger partial charge in [-0.25, -0.2) is 9.97 Å². The third-order valence-electron chi connectivity index (χ3n) is 4.37. The van der Waals surface area contributed by atoms with Crippen LogP contribution in [0.5, 0.6) is 5.88 Å². The van der Waals surface area contributed by atoms with Crippen LogP contribution in [0.15, 0.2) is 12.7 Å². The molecule has 1 aliphatic carbocycles. The van der Waals surface area contributed by atoms with Crippen LogP contribution >= 0.6 is 0 Å². The van der Waals surface area contributed by atoms with E-state index in [1.54, 1.807) is 6.33 Å². The number of hydrogen-bond acceptors (Lipinski definition) is 5. The van der Waals surface area contributed by atoms with E-state index in [-0.39, 0.29) is 17.9 Å². The van der Waals surface area contributed by atoms with Gasteiger partial charge in [0.25, 0.3) is 0 Å². The number of imidazole rings is 1. The summed E-state index contributed by atoms with van der Waals surface area (Å²) in [6.07, 6.45) is 6.19. The first-order valence-electron chi connectivity index (χ1n) is 7.87. The standard InChI is InChI=1S/C15H19N5O2/c1-2-19-9-18-12-13(19)16-8-17-14(12)22-11-5-6-20(7-11)15(21)10-3-4-10/h8-11H,2-7H2,1H3. The highest BCUT2D eigenvalue weighted by Gasteiger charge is 2.37. The summed E-state index contributed by atoms with van der Waals surface area (Å²) in [6, 6.07) is 0. The molecule has 2 aromatic heterocycles. The van der Waals surface area contributed by atoms with Crippen molar-refractivity contribution in [2.75, 3.05) is 13.1 Å². The minimum Gasteiger partial charge on any atom is -0.471 e. The van der Waals surface area contributed by atoms with Gasteiger partial charge in [0, 0.05) is 25.4 Å². The van der Waals surface area contributed by atoms with E-state index in [0.29, 0.717) is 17.9 Å². The van der Waals surface area contributed by atoms with Crippen LogP contribution in [0, 0.1) is 5.92 Å². The molecular formula is C15H19N5O2. The molecule has 1 unspecified atom stereocenters. The summed E-state index contributed by atoms with van der Waals surface area (Å²) in [5.74, 6) is 1.07. The molecule has 3 heterocycles. The Balaban J connectivity index is 1.49. The molecule has 7 nitrogen and oxygen atoms in total. The quantitative estimate of drug-likeness (QED) is 0.849. The van der Waals surface area contributed by atoms with E-state index >= 15 is 0 Å². The molecule has 1 amide bonds. The number of carbonyl (C=O) groups is 1. The van der Waals surface area contributed by atoms with E-state index in [2.05, 4.69) is 15.0 Å². The number of nitrogens with zero attached hydrogens (tertiary/aromatic N) is 5. The third-order valence-corrected chi connectivity index (χ3v) is 4.37. The first kappa shape index (κ1) is 13.5. The van der Waals surface area contributed by atoms with E-state index in [1.807, 2.05) is 16.4 Å². The maximum absolute atomic E-state index is 12.1. The van der Waals surface area contributed by atoms with Crippen LogP contribution in [0.25, 0.3) is 11.2 Å². The Kier molecular flexibility index (Phi) is 3.20. The lowest BCUT2D eigenvalue weighted by atomic mass is 10.3. The SMILES string of the molecule is CCn1cnc2c(OC3CCN(C(=O)C4CC4)C3)ncnc21. The van der Waals surface area contributed by atoms with Crippen LogP contribution in [0.2, 0.25) is 0 Å². The van der Waals surface area contributed by atoms with Crippen LogP contribution in [0.1, 0.15) is 26.2 Å². The molecule has 1 saturated carbocycles. The van der Waals surface area contributed by atoms with Crippen molar-refractivity contribution in [3.63, 3.8) is 0 Å². The summed E-state index contributed by atoms with van der Waals surface area (Å²) >= 11 is 0.